The van der Waals surface area contributed by atoms with Crippen molar-refractivity contribution in [3.8, 4) is 11.5 Å². The topological polar surface area (TPSA) is 103 Å². The second kappa shape index (κ2) is 11.1. The average molecular weight is 498 g/mol. The van der Waals surface area contributed by atoms with Gasteiger partial charge in [-0.3, -0.25) is 14.9 Å². The van der Waals surface area contributed by atoms with Crippen LogP contribution in [0, 0.1) is 10.1 Å². The standard InChI is InChI=1S/C23H20BrN3O5/c1-2-31-21-13-17(12-20(24)22(21)32-15-16-6-4-3-5-7-16)14-25-26-23(28)18-8-10-19(11-9-18)27(29)30/h3-14H,2,15H2,1H3,(H,26,28). The van der Waals surface area contributed by atoms with Crippen molar-refractivity contribution in [3.63, 3.8) is 0 Å². The Morgan fingerprint density at radius 1 is 1.12 bits per heavy atom. The first-order valence-corrected chi connectivity index (χ1v) is 10.5. The molecule has 9 heteroatoms. The highest BCUT2D eigenvalue weighted by molar-refractivity contribution is 9.10. The van der Waals surface area contributed by atoms with E-state index in [0.29, 0.717) is 34.7 Å². The Balaban J connectivity index is 1.69. The van der Waals surface area contributed by atoms with E-state index in [0.717, 1.165) is 5.56 Å². The van der Waals surface area contributed by atoms with E-state index < -0.39 is 10.8 Å². The minimum Gasteiger partial charge on any atom is -0.490 e. The van der Waals surface area contributed by atoms with Crippen molar-refractivity contribution < 1.29 is 19.2 Å². The van der Waals surface area contributed by atoms with E-state index in [1.54, 1.807) is 12.1 Å². The van der Waals surface area contributed by atoms with Gasteiger partial charge in [0.05, 0.1) is 22.2 Å². The van der Waals surface area contributed by atoms with Gasteiger partial charge in [-0.25, -0.2) is 5.43 Å². The van der Waals surface area contributed by atoms with E-state index in [2.05, 4.69) is 26.5 Å². The third-order valence-electron chi connectivity index (χ3n) is 4.28. The molecule has 0 aromatic heterocycles. The van der Waals surface area contributed by atoms with Crippen LogP contribution in [0.25, 0.3) is 0 Å². The predicted molar refractivity (Wildman–Crippen MR) is 124 cm³/mol. The molecule has 0 saturated carbocycles. The normalized spacial score (nSPS) is 10.7. The molecule has 1 amide bonds. The maximum Gasteiger partial charge on any atom is 0.271 e. The average Bonchev–Trinajstić information content (AvgIpc) is 2.79. The lowest BCUT2D eigenvalue weighted by atomic mass is 10.2. The summed E-state index contributed by atoms with van der Waals surface area (Å²) < 4.78 is 12.4. The first kappa shape index (κ1) is 23.0. The molecule has 3 aromatic carbocycles. The molecule has 3 aromatic rings. The first-order chi connectivity index (χ1) is 15.5. The molecule has 1 N–H and O–H groups in total. The van der Waals surface area contributed by atoms with Gasteiger partial charge in [0, 0.05) is 17.7 Å². The summed E-state index contributed by atoms with van der Waals surface area (Å²) in [6.45, 7) is 2.71. The summed E-state index contributed by atoms with van der Waals surface area (Å²) >= 11 is 3.51. The van der Waals surface area contributed by atoms with Crippen LogP contribution in [0.2, 0.25) is 0 Å². The van der Waals surface area contributed by atoms with Crippen LogP contribution in [0.1, 0.15) is 28.4 Å². The maximum absolute atomic E-state index is 12.2. The van der Waals surface area contributed by atoms with Crippen molar-refractivity contribution in [2.45, 2.75) is 13.5 Å². The number of benzene rings is 3. The molecule has 0 bridgehead atoms. The highest BCUT2D eigenvalue weighted by atomic mass is 79.9. The monoisotopic (exact) mass is 497 g/mol. The molecule has 0 radical (unpaired) electrons. The molecule has 0 aliphatic carbocycles. The van der Waals surface area contributed by atoms with Crippen molar-refractivity contribution in [3.05, 3.63) is 98.0 Å². The quantitative estimate of drug-likeness (QED) is 0.251. The number of hydrogen-bond donors (Lipinski definition) is 1. The van der Waals surface area contributed by atoms with E-state index in [9.17, 15) is 14.9 Å². The third-order valence-corrected chi connectivity index (χ3v) is 4.87. The van der Waals surface area contributed by atoms with Gasteiger partial charge in [-0.1, -0.05) is 30.3 Å². The maximum atomic E-state index is 12.2. The molecule has 0 aliphatic rings. The van der Waals surface area contributed by atoms with Crippen LogP contribution in [0.3, 0.4) is 0 Å². The molecule has 0 spiro atoms. The number of rotatable bonds is 9. The molecule has 8 nitrogen and oxygen atoms in total. The Morgan fingerprint density at radius 3 is 2.50 bits per heavy atom. The van der Waals surface area contributed by atoms with Crippen LogP contribution in [-0.4, -0.2) is 23.7 Å². The number of nitro benzene ring substituents is 1. The van der Waals surface area contributed by atoms with E-state index in [1.165, 1.54) is 30.5 Å². The molecule has 0 fully saturated rings. The Labute approximate surface area is 193 Å². The molecule has 3 rings (SSSR count). The molecular weight excluding hydrogens is 478 g/mol. The molecule has 164 valence electrons. The van der Waals surface area contributed by atoms with E-state index in [-0.39, 0.29) is 11.3 Å². The second-order valence-corrected chi connectivity index (χ2v) is 7.39. The van der Waals surface area contributed by atoms with Crippen molar-refractivity contribution in [2.24, 2.45) is 5.10 Å². The van der Waals surface area contributed by atoms with Gasteiger partial charge in [0.2, 0.25) is 0 Å². The van der Waals surface area contributed by atoms with Gasteiger partial charge in [0.1, 0.15) is 6.61 Å². The van der Waals surface area contributed by atoms with Gasteiger partial charge in [0.25, 0.3) is 11.6 Å². The smallest absolute Gasteiger partial charge is 0.271 e. The number of hydrazone groups is 1. The third kappa shape index (κ3) is 6.14. The lowest BCUT2D eigenvalue weighted by Crippen LogP contribution is -2.17. The zero-order valence-electron chi connectivity index (χ0n) is 17.2. The number of non-ortho nitro benzene ring substituents is 1. The van der Waals surface area contributed by atoms with Crippen LogP contribution < -0.4 is 14.9 Å². The van der Waals surface area contributed by atoms with Crippen molar-refractivity contribution in [1.82, 2.24) is 5.43 Å². The van der Waals surface area contributed by atoms with Crippen LogP contribution in [-0.2, 0) is 6.61 Å². The Kier molecular flexibility index (Phi) is 7.93. The van der Waals surface area contributed by atoms with Crippen LogP contribution in [0.4, 0.5) is 5.69 Å². The molecule has 0 aliphatic heterocycles. The summed E-state index contributed by atoms with van der Waals surface area (Å²) in [4.78, 5) is 22.4. The largest absolute Gasteiger partial charge is 0.490 e. The minimum absolute atomic E-state index is 0.0899. The number of amides is 1. The molecule has 0 saturated heterocycles. The highest BCUT2D eigenvalue weighted by Gasteiger charge is 2.13. The number of carbonyl (C=O) groups excluding carboxylic acids is 1. The fourth-order valence-electron chi connectivity index (χ4n) is 2.76. The number of ether oxygens (including phenoxy) is 2. The number of nitrogens with zero attached hydrogens (tertiary/aromatic N) is 2. The van der Waals surface area contributed by atoms with Gasteiger partial charge in [-0.15, -0.1) is 0 Å². The van der Waals surface area contributed by atoms with E-state index in [1.807, 2.05) is 37.3 Å². The summed E-state index contributed by atoms with van der Waals surface area (Å²) in [5.74, 6) is 0.631. The molecule has 0 heterocycles. The van der Waals surface area contributed by atoms with E-state index >= 15 is 0 Å². The Bertz CT molecular complexity index is 1120. The Morgan fingerprint density at radius 2 is 1.84 bits per heavy atom. The van der Waals surface area contributed by atoms with Gasteiger partial charge < -0.3 is 9.47 Å². The molecular formula is C23H20BrN3O5. The van der Waals surface area contributed by atoms with Crippen molar-refractivity contribution in [2.75, 3.05) is 6.61 Å². The summed E-state index contributed by atoms with van der Waals surface area (Å²) in [5, 5.41) is 14.7. The first-order valence-electron chi connectivity index (χ1n) is 9.69. The lowest BCUT2D eigenvalue weighted by molar-refractivity contribution is -0.384. The van der Waals surface area contributed by atoms with Crippen LogP contribution >= 0.6 is 15.9 Å². The number of nitro groups is 1. The fourth-order valence-corrected chi connectivity index (χ4v) is 3.33. The predicted octanol–water partition coefficient (Wildman–Crippen LogP) is 5.10. The SMILES string of the molecule is CCOc1cc(C=NNC(=O)c2ccc([N+](=O)[O-])cc2)cc(Br)c1OCc1ccccc1. The number of carbonyl (C=O) groups is 1. The molecule has 0 unspecified atom stereocenters. The summed E-state index contributed by atoms with van der Waals surface area (Å²) in [6.07, 6.45) is 1.47. The number of hydrogen-bond acceptors (Lipinski definition) is 6. The van der Waals surface area contributed by atoms with Crippen molar-refractivity contribution in [1.29, 1.82) is 0 Å². The highest BCUT2D eigenvalue weighted by Crippen LogP contribution is 2.37. The summed E-state index contributed by atoms with van der Waals surface area (Å²) in [5.41, 5.74) is 4.28. The van der Waals surface area contributed by atoms with E-state index in [4.69, 9.17) is 9.47 Å². The number of halogens is 1. The summed E-state index contributed by atoms with van der Waals surface area (Å²) in [6, 6.07) is 18.6. The van der Waals surface area contributed by atoms with Gasteiger partial charge >= 0.3 is 0 Å². The minimum atomic E-state index is -0.527. The van der Waals surface area contributed by atoms with Gasteiger partial charge in [-0.2, -0.15) is 5.10 Å². The van der Waals surface area contributed by atoms with Gasteiger partial charge in [0.15, 0.2) is 11.5 Å². The van der Waals surface area contributed by atoms with Crippen LogP contribution in [0.15, 0.2) is 76.3 Å². The number of nitrogens with one attached hydrogen (secondary N) is 1. The zero-order valence-corrected chi connectivity index (χ0v) is 18.7. The van der Waals surface area contributed by atoms with Crippen molar-refractivity contribution >= 4 is 33.7 Å². The second-order valence-electron chi connectivity index (χ2n) is 6.54. The fraction of sp³-hybridized carbons (Fsp3) is 0.130. The molecule has 0 atom stereocenters. The zero-order chi connectivity index (χ0) is 22.9. The molecule has 32 heavy (non-hydrogen) atoms. The summed E-state index contributed by atoms with van der Waals surface area (Å²) in [7, 11) is 0. The Hall–Kier alpha value is -3.72. The van der Waals surface area contributed by atoms with Gasteiger partial charge in [-0.05, 0) is 58.2 Å². The van der Waals surface area contributed by atoms with Crippen LogP contribution in [0.5, 0.6) is 11.5 Å². The lowest BCUT2D eigenvalue weighted by Gasteiger charge is -2.14.